The van der Waals surface area contributed by atoms with Gasteiger partial charge in [0.05, 0.1) is 11.7 Å². The lowest BCUT2D eigenvalue weighted by molar-refractivity contribution is -0.138. The van der Waals surface area contributed by atoms with Crippen LogP contribution in [-0.4, -0.2) is 5.11 Å². The van der Waals surface area contributed by atoms with E-state index in [1.165, 1.54) is 6.07 Å². The Balaban J connectivity index is 2.20. The summed E-state index contributed by atoms with van der Waals surface area (Å²) in [7, 11) is 0. The molecule has 0 bridgehead atoms. The second-order valence-electron chi connectivity index (χ2n) is 5.70. The van der Waals surface area contributed by atoms with Crippen molar-refractivity contribution in [1.82, 2.24) is 0 Å². The van der Waals surface area contributed by atoms with Crippen LogP contribution in [0.5, 0.6) is 0 Å². The Kier molecular flexibility index (Phi) is 4.80. The molecule has 0 spiro atoms. The molecule has 1 aliphatic rings. The number of hydrogen-bond donors (Lipinski definition) is 1. The third-order valence-electron chi connectivity index (χ3n) is 4.14. The Labute approximate surface area is 125 Å². The maximum Gasteiger partial charge on any atom is 0.417 e. The van der Waals surface area contributed by atoms with Crippen LogP contribution in [0.15, 0.2) is 22.7 Å². The molecule has 20 heavy (non-hydrogen) atoms. The van der Waals surface area contributed by atoms with E-state index in [0.29, 0.717) is 11.5 Å². The SMILES string of the molecule is CC1CCC(C(O)c2ccc(Br)c(C(F)(F)F)c2)CC1. The summed E-state index contributed by atoms with van der Waals surface area (Å²) in [4.78, 5) is 0. The Bertz CT molecular complexity index is 465. The first kappa shape index (κ1) is 15.8. The van der Waals surface area contributed by atoms with Crippen LogP contribution in [-0.2, 0) is 6.18 Å². The zero-order chi connectivity index (χ0) is 14.9. The van der Waals surface area contributed by atoms with Crippen molar-refractivity contribution in [2.24, 2.45) is 11.8 Å². The lowest BCUT2D eigenvalue weighted by Crippen LogP contribution is -2.20. The van der Waals surface area contributed by atoms with Gasteiger partial charge < -0.3 is 5.11 Å². The fraction of sp³-hybridized carbons (Fsp3) is 0.600. The number of benzene rings is 1. The Morgan fingerprint density at radius 3 is 2.35 bits per heavy atom. The van der Waals surface area contributed by atoms with E-state index in [-0.39, 0.29) is 10.4 Å². The summed E-state index contributed by atoms with van der Waals surface area (Å²) >= 11 is 2.92. The fourth-order valence-corrected chi connectivity index (χ4v) is 3.29. The van der Waals surface area contributed by atoms with Crippen LogP contribution in [0.1, 0.15) is 49.8 Å². The van der Waals surface area contributed by atoms with Crippen molar-refractivity contribution < 1.29 is 18.3 Å². The van der Waals surface area contributed by atoms with Gasteiger partial charge in [0, 0.05) is 4.47 Å². The molecule has 5 heteroatoms. The number of halogens is 4. The summed E-state index contributed by atoms with van der Waals surface area (Å²) in [6.45, 7) is 2.17. The largest absolute Gasteiger partial charge is 0.417 e. The van der Waals surface area contributed by atoms with Gasteiger partial charge in [-0.15, -0.1) is 0 Å². The summed E-state index contributed by atoms with van der Waals surface area (Å²) in [5.41, 5.74) is -0.363. The quantitative estimate of drug-likeness (QED) is 0.764. The predicted octanol–water partition coefficient (Wildman–Crippen LogP) is 5.33. The molecule has 0 aromatic heterocycles. The minimum Gasteiger partial charge on any atom is -0.388 e. The molecule has 1 nitrogen and oxygen atoms in total. The lowest BCUT2D eigenvalue weighted by atomic mass is 9.78. The summed E-state index contributed by atoms with van der Waals surface area (Å²) in [5.74, 6) is 0.711. The highest BCUT2D eigenvalue weighted by molar-refractivity contribution is 9.10. The molecular weight excluding hydrogens is 333 g/mol. The van der Waals surface area contributed by atoms with E-state index >= 15 is 0 Å². The second kappa shape index (κ2) is 6.06. The first-order valence-electron chi connectivity index (χ1n) is 6.83. The van der Waals surface area contributed by atoms with Crippen LogP contribution in [0, 0.1) is 11.8 Å². The molecule has 1 atom stereocenters. The normalized spacial score (nSPS) is 25.5. The molecule has 1 N–H and O–H groups in total. The summed E-state index contributed by atoms with van der Waals surface area (Å²) in [6, 6.07) is 4.00. The molecule has 0 saturated heterocycles. The van der Waals surface area contributed by atoms with Gasteiger partial charge in [0.1, 0.15) is 0 Å². The number of aliphatic hydroxyl groups is 1. The van der Waals surface area contributed by atoms with E-state index in [2.05, 4.69) is 22.9 Å². The molecule has 0 aliphatic heterocycles. The van der Waals surface area contributed by atoms with Gasteiger partial charge in [-0.1, -0.05) is 41.8 Å². The van der Waals surface area contributed by atoms with Gasteiger partial charge >= 0.3 is 6.18 Å². The van der Waals surface area contributed by atoms with Crippen LogP contribution in [0.25, 0.3) is 0 Å². The highest BCUT2D eigenvalue weighted by atomic mass is 79.9. The maximum absolute atomic E-state index is 12.9. The van der Waals surface area contributed by atoms with E-state index < -0.39 is 17.8 Å². The highest BCUT2D eigenvalue weighted by Gasteiger charge is 2.34. The van der Waals surface area contributed by atoms with E-state index in [9.17, 15) is 18.3 Å². The van der Waals surface area contributed by atoms with E-state index in [1.54, 1.807) is 6.07 Å². The number of rotatable bonds is 2. The summed E-state index contributed by atoms with van der Waals surface area (Å²) in [5, 5.41) is 10.3. The monoisotopic (exact) mass is 350 g/mol. The Morgan fingerprint density at radius 1 is 1.20 bits per heavy atom. The summed E-state index contributed by atoms with van der Waals surface area (Å²) in [6.07, 6.45) is -1.40. The van der Waals surface area contributed by atoms with Crippen molar-refractivity contribution in [2.45, 2.75) is 44.9 Å². The van der Waals surface area contributed by atoms with Crippen molar-refractivity contribution in [2.75, 3.05) is 0 Å². The van der Waals surface area contributed by atoms with Crippen LogP contribution >= 0.6 is 15.9 Å². The van der Waals surface area contributed by atoms with E-state index in [0.717, 1.165) is 31.7 Å². The molecule has 0 radical (unpaired) electrons. The lowest BCUT2D eigenvalue weighted by Gasteiger charge is -2.30. The van der Waals surface area contributed by atoms with Gasteiger partial charge in [-0.2, -0.15) is 13.2 Å². The van der Waals surface area contributed by atoms with Crippen LogP contribution < -0.4 is 0 Å². The smallest absolute Gasteiger partial charge is 0.388 e. The minimum atomic E-state index is -4.41. The average molecular weight is 351 g/mol. The molecule has 2 rings (SSSR count). The van der Waals surface area contributed by atoms with Crippen LogP contribution in [0.2, 0.25) is 0 Å². The van der Waals surface area contributed by atoms with Gasteiger partial charge in [-0.3, -0.25) is 0 Å². The van der Waals surface area contributed by atoms with Gasteiger partial charge in [0.15, 0.2) is 0 Å². The van der Waals surface area contributed by atoms with E-state index in [1.807, 2.05) is 0 Å². The zero-order valence-electron chi connectivity index (χ0n) is 11.3. The maximum atomic E-state index is 12.9. The molecule has 1 saturated carbocycles. The molecule has 112 valence electrons. The topological polar surface area (TPSA) is 20.2 Å². The Hall–Kier alpha value is -0.550. The predicted molar refractivity (Wildman–Crippen MR) is 75.2 cm³/mol. The zero-order valence-corrected chi connectivity index (χ0v) is 12.8. The average Bonchev–Trinajstić information content (AvgIpc) is 2.38. The number of alkyl halides is 3. The molecule has 1 unspecified atom stereocenters. The van der Waals surface area contributed by atoms with Crippen molar-refractivity contribution in [3.05, 3.63) is 33.8 Å². The van der Waals surface area contributed by atoms with Crippen molar-refractivity contribution in [1.29, 1.82) is 0 Å². The van der Waals surface area contributed by atoms with Crippen molar-refractivity contribution in [3.8, 4) is 0 Å². The first-order chi connectivity index (χ1) is 9.29. The van der Waals surface area contributed by atoms with Crippen molar-refractivity contribution >= 4 is 15.9 Å². The standard InChI is InChI=1S/C15H18BrF3O/c1-9-2-4-10(5-3-9)14(20)11-6-7-13(16)12(8-11)15(17,18)19/h6-10,14,20H,2-5H2,1H3. The molecule has 0 amide bonds. The number of hydrogen-bond acceptors (Lipinski definition) is 1. The van der Waals surface area contributed by atoms with Gasteiger partial charge in [-0.05, 0) is 42.4 Å². The van der Waals surface area contributed by atoms with Crippen molar-refractivity contribution in [3.63, 3.8) is 0 Å². The fourth-order valence-electron chi connectivity index (χ4n) is 2.82. The summed E-state index contributed by atoms with van der Waals surface area (Å²) < 4.78 is 38.6. The molecule has 1 aromatic rings. The van der Waals surface area contributed by atoms with Crippen LogP contribution in [0.4, 0.5) is 13.2 Å². The van der Waals surface area contributed by atoms with Gasteiger partial charge in [0.25, 0.3) is 0 Å². The first-order valence-corrected chi connectivity index (χ1v) is 7.63. The van der Waals surface area contributed by atoms with Gasteiger partial charge in [-0.25, -0.2) is 0 Å². The third kappa shape index (κ3) is 3.55. The van der Waals surface area contributed by atoms with Gasteiger partial charge in [0.2, 0.25) is 0 Å². The van der Waals surface area contributed by atoms with Crippen LogP contribution in [0.3, 0.4) is 0 Å². The Morgan fingerprint density at radius 2 is 1.80 bits per heavy atom. The molecular formula is C15H18BrF3O. The van der Waals surface area contributed by atoms with E-state index in [4.69, 9.17) is 0 Å². The number of aliphatic hydroxyl groups excluding tert-OH is 1. The molecule has 1 aliphatic carbocycles. The minimum absolute atomic E-state index is 0.0122. The molecule has 1 fully saturated rings. The molecule has 1 aromatic carbocycles. The molecule has 0 heterocycles. The third-order valence-corrected chi connectivity index (χ3v) is 4.84. The highest BCUT2D eigenvalue weighted by Crippen LogP contribution is 2.40. The second-order valence-corrected chi connectivity index (χ2v) is 6.56.